The second-order valence-electron chi connectivity index (χ2n) is 11.1. The number of nitrogens with one attached hydrogen (secondary N) is 3. The summed E-state index contributed by atoms with van der Waals surface area (Å²) in [7, 11) is 3.81. The number of carbonyl (C=O) groups is 2. The summed E-state index contributed by atoms with van der Waals surface area (Å²) < 4.78 is 48.9. The van der Waals surface area contributed by atoms with Gasteiger partial charge in [0.1, 0.15) is 22.7 Å². The Hall–Kier alpha value is -3.62. The molecule has 1 aliphatic rings. The summed E-state index contributed by atoms with van der Waals surface area (Å²) in [5.74, 6) is -0.945. The lowest BCUT2D eigenvalue weighted by molar-refractivity contribution is -0.161. The highest BCUT2D eigenvalue weighted by atomic mass is 19.4. The molecule has 1 fully saturated rings. The molecule has 1 saturated carbocycles. The molecular weight excluding hydrogens is 523 g/mol. The molecule has 3 N–H and O–H groups in total. The number of nitriles is 1. The van der Waals surface area contributed by atoms with Crippen molar-refractivity contribution in [2.45, 2.75) is 56.9 Å². The van der Waals surface area contributed by atoms with Crippen molar-refractivity contribution >= 4 is 33.8 Å². The van der Waals surface area contributed by atoms with Crippen LogP contribution in [0.2, 0.25) is 0 Å². The lowest BCUT2D eigenvalue weighted by atomic mass is 9.98. The molecule has 1 aliphatic carbocycles. The minimum atomic E-state index is -4.71. The molecule has 40 heavy (non-hydrogen) atoms. The predicted octanol–water partition coefficient (Wildman–Crippen LogP) is 4.66. The van der Waals surface area contributed by atoms with Crippen LogP contribution in [-0.4, -0.2) is 61.7 Å². The molecule has 3 aromatic rings. The van der Waals surface area contributed by atoms with Crippen LogP contribution in [0.3, 0.4) is 0 Å². The third kappa shape index (κ3) is 6.74. The second kappa shape index (κ2) is 11.5. The smallest absolute Gasteiger partial charge is 0.407 e. The molecule has 0 spiro atoms. The quantitative estimate of drug-likeness (QED) is 0.317. The molecule has 2 aromatic carbocycles. The Morgan fingerprint density at radius 1 is 1.10 bits per heavy atom. The fourth-order valence-corrected chi connectivity index (χ4v) is 4.63. The monoisotopic (exact) mass is 557 g/mol. The number of rotatable bonds is 11. The Labute approximate surface area is 230 Å². The van der Waals surface area contributed by atoms with Crippen molar-refractivity contribution in [2.24, 2.45) is 5.92 Å². The molecule has 4 rings (SSSR count). The standard InChI is InChI=1S/C29H34F3N5O3/c1-17(2)13-22(27(39)36-28(16-33)9-10-28)35-25(29(30,31)32)18-5-7-20-21-14-19(26(38)34-11-12-37(3)4)6-8-23(21)40-24(20)15-18/h5-8,14-15,17,22,25,35H,9-13H2,1-4H3,(H,34,38)(H,36,39)/t22-,25-/m0/s1. The fourth-order valence-electron chi connectivity index (χ4n) is 4.63. The highest BCUT2D eigenvalue weighted by molar-refractivity contribution is 6.08. The van der Waals surface area contributed by atoms with Crippen LogP contribution in [0.5, 0.6) is 0 Å². The van der Waals surface area contributed by atoms with Crippen LogP contribution in [0.1, 0.15) is 55.1 Å². The normalized spacial score (nSPS) is 16.2. The van der Waals surface area contributed by atoms with Gasteiger partial charge in [-0.2, -0.15) is 18.4 Å². The highest BCUT2D eigenvalue weighted by Crippen LogP contribution is 2.38. The minimum absolute atomic E-state index is 0.0681. The average Bonchev–Trinajstić information content (AvgIpc) is 3.55. The topological polar surface area (TPSA) is 110 Å². The maximum Gasteiger partial charge on any atom is 0.407 e. The molecule has 8 nitrogen and oxygen atoms in total. The molecule has 11 heteroatoms. The maximum absolute atomic E-state index is 14.4. The van der Waals surface area contributed by atoms with Crippen LogP contribution in [0.4, 0.5) is 13.2 Å². The zero-order valence-corrected chi connectivity index (χ0v) is 23.0. The van der Waals surface area contributed by atoms with E-state index in [0.717, 1.165) is 0 Å². The number of likely N-dealkylation sites (N-methyl/N-ethyl adjacent to an activating group) is 1. The maximum atomic E-state index is 14.4. The number of halogens is 3. The van der Waals surface area contributed by atoms with E-state index in [-0.39, 0.29) is 29.4 Å². The van der Waals surface area contributed by atoms with Crippen LogP contribution in [0.25, 0.3) is 21.9 Å². The summed E-state index contributed by atoms with van der Waals surface area (Å²) in [6.45, 7) is 4.79. The van der Waals surface area contributed by atoms with Gasteiger partial charge in [-0.1, -0.05) is 26.0 Å². The van der Waals surface area contributed by atoms with E-state index in [4.69, 9.17) is 4.42 Å². The summed E-state index contributed by atoms with van der Waals surface area (Å²) >= 11 is 0. The number of alkyl halides is 3. The number of hydrogen-bond donors (Lipinski definition) is 3. The minimum Gasteiger partial charge on any atom is -0.456 e. The zero-order valence-electron chi connectivity index (χ0n) is 23.0. The van der Waals surface area contributed by atoms with Gasteiger partial charge < -0.3 is 20.0 Å². The summed E-state index contributed by atoms with van der Waals surface area (Å²) in [6.07, 6.45) is -3.59. The Bertz CT molecular complexity index is 1440. The van der Waals surface area contributed by atoms with Crippen molar-refractivity contribution in [3.63, 3.8) is 0 Å². The fraction of sp³-hybridized carbons (Fsp3) is 0.483. The SMILES string of the molecule is CC(C)C[C@H](N[C@@H](c1ccc2c(c1)oc1ccc(C(=O)NCCN(C)C)cc12)C(F)(F)F)C(=O)NC1(C#N)CC1. The van der Waals surface area contributed by atoms with Crippen molar-refractivity contribution in [3.05, 3.63) is 47.5 Å². The van der Waals surface area contributed by atoms with Gasteiger partial charge in [0, 0.05) is 29.4 Å². The van der Waals surface area contributed by atoms with Crippen molar-refractivity contribution in [3.8, 4) is 6.07 Å². The first kappa shape index (κ1) is 29.4. The molecule has 0 saturated heterocycles. The van der Waals surface area contributed by atoms with Crippen molar-refractivity contribution in [1.29, 1.82) is 5.26 Å². The second-order valence-corrected chi connectivity index (χ2v) is 11.1. The summed E-state index contributed by atoms with van der Waals surface area (Å²) in [5, 5.41) is 18.5. The van der Waals surface area contributed by atoms with E-state index in [1.165, 1.54) is 18.2 Å². The molecule has 0 unspecified atom stereocenters. The van der Waals surface area contributed by atoms with Crippen LogP contribution in [0, 0.1) is 17.2 Å². The van der Waals surface area contributed by atoms with E-state index < -0.39 is 29.7 Å². The van der Waals surface area contributed by atoms with Gasteiger partial charge in [0.25, 0.3) is 5.91 Å². The number of carbonyl (C=O) groups excluding carboxylic acids is 2. The Morgan fingerprint density at radius 2 is 1.82 bits per heavy atom. The third-order valence-corrected chi connectivity index (χ3v) is 6.98. The third-order valence-electron chi connectivity index (χ3n) is 6.98. The van der Waals surface area contributed by atoms with Gasteiger partial charge in [-0.3, -0.25) is 14.9 Å². The number of hydrogen-bond acceptors (Lipinski definition) is 6. The number of furan rings is 1. The molecule has 214 valence electrons. The van der Waals surface area contributed by atoms with Gasteiger partial charge in [-0.05, 0) is 69.1 Å². The van der Waals surface area contributed by atoms with Gasteiger partial charge in [-0.15, -0.1) is 0 Å². The molecule has 0 aliphatic heterocycles. The first-order valence-electron chi connectivity index (χ1n) is 13.3. The van der Waals surface area contributed by atoms with Crippen LogP contribution < -0.4 is 16.0 Å². The van der Waals surface area contributed by atoms with Gasteiger partial charge >= 0.3 is 6.18 Å². The van der Waals surface area contributed by atoms with Crippen molar-refractivity contribution in [2.75, 3.05) is 27.2 Å². The first-order chi connectivity index (χ1) is 18.8. The molecule has 1 aromatic heterocycles. The average molecular weight is 558 g/mol. The van der Waals surface area contributed by atoms with Crippen molar-refractivity contribution < 1.29 is 27.2 Å². The molecular formula is C29H34F3N5O3. The summed E-state index contributed by atoms with van der Waals surface area (Å²) in [4.78, 5) is 27.5. The van der Waals surface area contributed by atoms with Gasteiger partial charge in [-0.25, -0.2) is 0 Å². The Morgan fingerprint density at radius 3 is 2.42 bits per heavy atom. The number of nitrogens with zero attached hydrogens (tertiary/aromatic N) is 2. The number of benzene rings is 2. The highest BCUT2D eigenvalue weighted by Gasteiger charge is 2.47. The molecule has 1 heterocycles. The van der Waals surface area contributed by atoms with Gasteiger partial charge in [0.2, 0.25) is 5.91 Å². The van der Waals surface area contributed by atoms with E-state index in [1.807, 2.05) is 38.9 Å². The Balaban J connectivity index is 1.62. The molecule has 2 atom stereocenters. The van der Waals surface area contributed by atoms with E-state index >= 15 is 0 Å². The van der Waals surface area contributed by atoms with E-state index in [1.54, 1.807) is 18.2 Å². The molecule has 0 radical (unpaired) electrons. The number of amides is 2. The van der Waals surface area contributed by atoms with Crippen molar-refractivity contribution in [1.82, 2.24) is 20.9 Å². The lowest BCUT2D eigenvalue weighted by Crippen LogP contribution is -2.52. The summed E-state index contributed by atoms with van der Waals surface area (Å²) in [6, 6.07) is 7.86. The van der Waals surface area contributed by atoms with Crippen LogP contribution in [0.15, 0.2) is 40.8 Å². The van der Waals surface area contributed by atoms with Crippen LogP contribution >= 0.6 is 0 Å². The van der Waals surface area contributed by atoms with Crippen LogP contribution in [-0.2, 0) is 4.79 Å². The van der Waals surface area contributed by atoms with Gasteiger partial charge in [0.15, 0.2) is 0 Å². The zero-order chi connectivity index (χ0) is 29.2. The van der Waals surface area contributed by atoms with E-state index in [0.29, 0.717) is 47.9 Å². The van der Waals surface area contributed by atoms with Gasteiger partial charge in [0.05, 0.1) is 12.1 Å². The van der Waals surface area contributed by atoms with E-state index in [9.17, 15) is 28.0 Å². The molecule has 2 amide bonds. The number of fused-ring (bicyclic) bond motifs is 3. The Kier molecular flexibility index (Phi) is 8.42. The molecule has 0 bridgehead atoms. The largest absolute Gasteiger partial charge is 0.456 e. The lowest BCUT2D eigenvalue weighted by Gasteiger charge is -2.29. The first-order valence-corrected chi connectivity index (χ1v) is 13.3. The summed E-state index contributed by atoms with van der Waals surface area (Å²) in [5.41, 5.74) is -0.00140. The predicted molar refractivity (Wildman–Crippen MR) is 146 cm³/mol. The van der Waals surface area contributed by atoms with E-state index in [2.05, 4.69) is 16.0 Å².